The average molecular weight is 209 g/mol. The van der Waals surface area contributed by atoms with Gasteiger partial charge in [-0.1, -0.05) is 34.6 Å². The number of hydrogen-bond acceptors (Lipinski definition) is 1. The monoisotopic (exact) mass is 209 g/mol. The molecule has 1 heterocycles. The van der Waals surface area contributed by atoms with Crippen molar-refractivity contribution in [2.75, 3.05) is 6.54 Å². The predicted molar refractivity (Wildman–Crippen MR) is 61.5 cm³/mol. The van der Waals surface area contributed by atoms with E-state index in [2.05, 4.69) is 25.7 Å². The largest absolute Gasteiger partial charge is 0.338 e. The topological polar surface area (TPSA) is 20.3 Å². The summed E-state index contributed by atoms with van der Waals surface area (Å²) in [6.45, 7) is 12.0. The van der Waals surface area contributed by atoms with Crippen LogP contribution in [0, 0.1) is 16.7 Å². The van der Waals surface area contributed by atoms with E-state index in [0.29, 0.717) is 22.8 Å². The number of likely N-dealkylation sites (tertiary alicyclic amines) is 1. The van der Waals surface area contributed by atoms with E-state index in [1.165, 1.54) is 12.8 Å². The SMILES string of the molecule is CC(C)C(=O)N1CC2(C)CC(C)(C)CC12. The molecule has 2 unspecified atom stereocenters. The summed E-state index contributed by atoms with van der Waals surface area (Å²) in [6.07, 6.45) is 2.45. The third kappa shape index (κ3) is 1.58. The molecule has 86 valence electrons. The quantitative estimate of drug-likeness (QED) is 0.650. The number of nitrogens with zero attached hydrogens (tertiary/aromatic N) is 1. The molecule has 2 nitrogen and oxygen atoms in total. The summed E-state index contributed by atoms with van der Waals surface area (Å²) in [5.41, 5.74) is 0.833. The van der Waals surface area contributed by atoms with E-state index in [-0.39, 0.29) is 5.92 Å². The van der Waals surface area contributed by atoms with Gasteiger partial charge in [0, 0.05) is 23.9 Å². The third-order valence-electron chi connectivity index (χ3n) is 4.12. The van der Waals surface area contributed by atoms with Gasteiger partial charge in [-0.3, -0.25) is 4.79 Å². The minimum atomic E-state index is 0.151. The fourth-order valence-corrected chi connectivity index (χ4v) is 3.65. The summed E-state index contributed by atoms with van der Waals surface area (Å²) in [4.78, 5) is 14.1. The summed E-state index contributed by atoms with van der Waals surface area (Å²) in [5.74, 6) is 0.494. The van der Waals surface area contributed by atoms with Crippen molar-refractivity contribution in [1.82, 2.24) is 4.90 Å². The van der Waals surface area contributed by atoms with Gasteiger partial charge in [0.15, 0.2) is 0 Å². The second-order valence-corrected chi connectivity index (χ2v) is 6.84. The van der Waals surface area contributed by atoms with E-state index < -0.39 is 0 Å². The highest BCUT2D eigenvalue weighted by molar-refractivity contribution is 5.79. The van der Waals surface area contributed by atoms with Gasteiger partial charge in [0.1, 0.15) is 0 Å². The van der Waals surface area contributed by atoms with Gasteiger partial charge in [0.2, 0.25) is 5.91 Å². The number of rotatable bonds is 1. The molecule has 1 amide bonds. The molecule has 0 radical (unpaired) electrons. The first kappa shape index (κ1) is 11.0. The Labute approximate surface area is 93.0 Å². The molecule has 0 N–H and O–H groups in total. The first-order valence-corrected chi connectivity index (χ1v) is 6.06. The molecule has 2 fully saturated rings. The van der Waals surface area contributed by atoms with Gasteiger partial charge in [-0.2, -0.15) is 0 Å². The summed E-state index contributed by atoms with van der Waals surface area (Å²) in [6, 6.07) is 0.516. The Kier molecular flexibility index (Phi) is 2.19. The van der Waals surface area contributed by atoms with Gasteiger partial charge < -0.3 is 4.90 Å². The molecule has 2 atom stereocenters. The van der Waals surface area contributed by atoms with Gasteiger partial charge in [0.25, 0.3) is 0 Å². The van der Waals surface area contributed by atoms with Crippen LogP contribution in [0.4, 0.5) is 0 Å². The predicted octanol–water partition coefficient (Wildman–Crippen LogP) is 2.68. The van der Waals surface area contributed by atoms with Crippen molar-refractivity contribution in [2.24, 2.45) is 16.7 Å². The minimum Gasteiger partial charge on any atom is -0.338 e. The van der Waals surface area contributed by atoms with E-state index in [9.17, 15) is 4.79 Å². The molecule has 1 saturated carbocycles. The number of carbonyl (C=O) groups excluding carboxylic acids is 1. The van der Waals surface area contributed by atoms with E-state index in [1.54, 1.807) is 0 Å². The molecule has 0 aromatic rings. The lowest BCUT2D eigenvalue weighted by Crippen LogP contribution is -2.63. The molecule has 2 rings (SSSR count). The van der Waals surface area contributed by atoms with Crippen LogP contribution in [-0.4, -0.2) is 23.4 Å². The molecular formula is C13H23NO. The molecule has 0 aromatic heterocycles. The second kappa shape index (κ2) is 2.99. The zero-order chi connectivity index (χ0) is 11.4. The number of carbonyl (C=O) groups is 1. The first-order valence-electron chi connectivity index (χ1n) is 6.06. The highest BCUT2D eigenvalue weighted by atomic mass is 16.2. The lowest BCUT2D eigenvalue weighted by Gasteiger charge is -2.53. The van der Waals surface area contributed by atoms with Crippen molar-refractivity contribution >= 4 is 5.91 Å². The van der Waals surface area contributed by atoms with Crippen LogP contribution < -0.4 is 0 Å². The molecule has 1 saturated heterocycles. The van der Waals surface area contributed by atoms with Crippen LogP contribution >= 0.6 is 0 Å². The Hall–Kier alpha value is -0.530. The summed E-state index contributed by atoms with van der Waals surface area (Å²) < 4.78 is 0. The smallest absolute Gasteiger partial charge is 0.225 e. The van der Waals surface area contributed by atoms with Gasteiger partial charge in [-0.25, -0.2) is 0 Å². The van der Waals surface area contributed by atoms with E-state index >= 15 is 0 Å². The lowest BCUT2D eigenvalue weighted by atomic mass is 9.74. The normalized spacial score (nSPS) is 37.7. The van der Waals surface area contributed by atoms with Crippen LogP contribution in [0.5, 0.6) is 0 Å². The highest BCUT2D eigenvalue weighted by Gasteiger charge is 2.59. The van der Waals surface area contributed by atoms with Crippen molar-refractivity contribution in [3.63, 3.8) is 0 Å². The Morgan fingerprint density at radius 2 is 1.93 bits per heavy atom. The Morgan fingerprint density at radius 3 is 2.40 bits per heavy atom. The molecular weight excluding hydrogens is 186 g/mol. The van der Waals surface area contributed by atoms with Crippen molar-refractivity contribution < 1.29 is 4.79 Å². The number of fused-ring (bicyclic) bond motifs is 1. The maximum Gasteiger partial charge on any atom is 0.225 e. The van der Waals surface area contributed by atoms with Gasteiger partial charge in [-0.15, -0.1) is 0 Å². The van der Waals surface area contributed by atoms with E-state index in [1.807, 2.05) is 13.8 Å². The number of hydrogen-bond donors (Lipinski definition) is 0. The van der Waals surface area contributed by atoms with Gasteiger partial charge in [-0.05, 0) is 18.3 Å². The molecule has 0 bridgehead atoms. The van der Waals surface area contributed by atoms with Crippen molar-refractivity contribution in [3.8, 4) is 0 Å². The van der Waals surface area contributed by atoms with Crippen LogP contribution in [0.2, 0.25) is 0 Å². The maximum absolute atomic E-state index is 11.9. The van der Waals surface area contributed by atoms with Crippen LogP contribution in [-0.2, 0) is 4.79 Å². The fourth-order valence-electron chi connectivity index (χ4n) is 3.65. The standard InChI is InChI=1S/C13H23NO/c1-9(2)11(15)14-8-13(5)7-12(3,4)6-10(13)14/h9-10H,6-8H2,1-5H3. The summed E-state index contributed by atoms with van der Waals surface area (Å²) in [5, 5.41) is 0. The molecule has 15 heavy (non-hydrogen) atoms. The molecule has 0 aromatic carbocycles. The Bertz CT molecular complexity index is 295. The zero-order valence-corrected chi connectivity index (χ0v) is 10.6. The van der Waals surface area contributed by atoms with Gasteiger partial charge in [0.05, 0.1) is 0 Å². The van der Waals surface area contributed by atoms with Crippen molar-refractivity contribution in [2.45, 2.75) is 53.5 Å². The van der Waals surface area contributed by atoms with E-state index in [4.69, 9.17) is 0 Å². The summed E-state index contributed by atoms with van der Waals surface area (Å²) >= 11 is 0. The van der Waals surface area contributed by atoms with Crippen LogP contribution in [0.15, 0.2) is 0 Å². The average Bonchev–Trinajstić information content (AvgIpc) is 2.25. The maximum atomic E-state index is 11.9. The fraction of sp³-hybridized carbons (Fsp3) is 0.923. The molecule has 2 aliphatic rings. The number of amides is 1. The first-order chi connectivity index (χ1) is 6.75. The molecule has 0 spiro atoms. The Morgan fingerprint density at radius 1 is 1.33 bits per heavy atom. The Balaban J connectivity index is 2.10. The van der Waals surface area contributed by atoms with Crippen LogP contribution in [0.25, 0.3) is 0 Å². The van der Waals surface area contributed by atoms with Crippen LogP contribution in [0.1, 0.15) is 47.5 Å². The van der Waals surface area contributed by atoms with Crippen molar-refractivity contribution in [3.05, 3.63) is 0 Å². The summed E-state index contributed by atoms with van der Waals surface area (Å²) in [7, 11) is 0. The minimum absolute atomic E-state index is 0.151. The highest BCUT2D eigenvalue weighted by Crippen LogP contribution is 2.57. The van der Waals surface area contributed by atoms with E-state index in [0.717, 1.165) is 6.54 Å². The molecule has 1 aliphatic carbocycles. The molecule has 2 heteroatoms. The van der Waals surface area contributed by atoms with Crippen LogP contribution in [0.3, 0.4) is 0 Å². The lowest BCUT2D eigenvalue weighted by molar-refractivity contribution is -0.153. The van der Waals surface area contributed by atoms with Crippen molar-refractivity contribution in [1.29, 1.82) is 0 Å². The zero-order valence-electron chi connectivity index (χ0n) is 10.6. The van der Waals surface area contributed by atoms with Gasteiger partial charge >= 0.3 is 0 Å². The second-order valence-electron chi connectivity index (χ2n) is 6.84. The molecule has 1 aliphatic heterocycles. The third-order valence-corrected chi connectivity index (χ3v) is 4.12.